The van der Waals surface area contributed by atoms with Crippen LogP contribution in [0.15, 0.2) is 30.6 Å². The molecule has 0 N–H and O–H groups in total. The van der Waals surface area contributed by atoms with Crippen LogP contribution >= 0.6 is 0 Å². The van der Waals surface area contributed by atoms with Gasteiger partial charge < -0.3 is 14.5 Å². The van der Waals surface area contributed by atoms with Crippen LogP contribution in [0.2, 0.25) is 0 Å². The van der Waals surface area contributed by atoms with Gasteiger partial charge in [-0.1, -0.05) is 5.21 Å². The van der Waals surface area contributed by atoms with E-state index in [0.29, 0.717) is 0 Å². The molecule has 0 radical (unpaired) electrons. The number of anilines is 2. The average molecular weight is 325 g/mol. The van der Waals surface area contributed by atoms with Crippen LogP contribution < -0.4 is 14.5 Å². The Bertz CT molecular complexity index is 837. The Morgan fingerprint density at radius 2 is 1.67 bits per heavy atom. The second-order valence-corrected chi connectivity index (χ2v) is 5.75. The number of hydrogen-bond acceptors (Lipinski definition) is 7. The van der Waals surface area contributed by atoms with Crippen LogP contribution in [0.1, 0.15) is 0 Å². The van der Waals surface area contributed by atoms with Gasteiger partial charge in [-0.3, -0.25) is 0 Å². The SMILES string of the molecule is COc1ccc(N2CCN(c3ncnc4c3nnn4C)CC2)cc1. The Balaban J connectivity index is 1.51. The molecule has 0 atom stereocenters. The smallest absolute Gasteiger partial charge is 0.183 e. The first-order valence-corrected chi connectivity index (χ1v) is 7.90. The summed E-state index contributed by atoms with van der Waals surface area (Å²) in [7, 11) is 3.52. The predicted octanol–water partition coefficient (Wildman–Crippen LogP) is 1.09. The highest BCUT2D eigenvalue weighted by Gasteiger charge is 2.22. The second kappa shape index (κ2) is 5.95. The molecule has 1 fully saturated rings. The van der Waals surface area contributed by atoms with Crippen molar-refractivity contribution in [3.63, 3.8) is 0 Å². The number of methoxy groups -OCH3 is 1. The van der Waals surface area contributed by atoms with Crippen molar-refractivity contribution in [2.24, 2.45) is 7.05 Å². The molecule has 0 saturated carbocycles. The fourth-order valence-corrected chi connectivity index (χ4v) is 3.04. The van der Waals surface area contributed by atoms with Crippen LogP contribution in [0.25, 0.3) is 11.2 Å². The summed E-state index contributed by atoms with van der Waals surface area (Å²) < 4.78 is 6.89. The number of benzene rings is 1. The van der Waals surface area contributed by atoms with E-state index in [4.69, 9.17) is 4.74 Å². The molecule has 3 heterocycles. The van der Waals surface area contributed by atoms with Crippen molar-refractivity contribution in [1.82, 2.24) is 25.0 Å². The third-order valence-corrected chi connectivity index (χ3v) is 4.39. The van der Waals surface area contributed by atoms with Crippen molar-refractivity contribution >= 4 is 22.7 Å². The summed E-state index contributed by atoms with van der Waals surface area (Å²) in [6.45, 7) is 3.62. The Morgan fingerprint density at radius 3 is 2.38 bits per heavy atom. The minimum Gasteiger partial charge on any atom is -0.497 e. The van der Waals surface area contributed by atoms with E-state index in [9.17, 15) is 0 Å². The molecule has 0 amide bonds. The summed E-state index contributed by atoms with van der Waals surface area (Å²) in [6.07, 6.45) is 1.58. The Hall–Kier alpha value is -2.90. The highest BCUT2D eigenvalue weighted by molar-refractivity contribution is 5.82. The first kappa shape index (κ1) is 14.7. The predicted molar refractivity (Wildman–Crippen MR) is 91.5 cm³/mol. The molecule has 2 aromatic heterocycles. The third-order valence-electron chi connectivity index (χ3n) is 4.39. The molecule has 124 valence electrons. The van der Waals surface area contributed by atoms with Gasteiger partial charge >= 0.3 is 0 Å². The zero-order chi connectivity index (χ0) is 16.5. The van der Waals surface area contributed by atoms with E-state index in [2.05, 4.69) is 42.2 Å². The van der Waals surface area contributed by atoms with Gasteiger partial charge in [-0.25, -0.2) is 14.6 Å². The van der Waals surface area contributed by atoms with Crippen LogP contribution in [0, 0.1) is 0 Å². The number of rotatable bonds is 3. The van der Waals surface area contributed by atoms with Crippen molar-refractivity contribution in [3.05, 3.63) is 30.6 Å². The van der Waals surface area contributed by atoms with Gasteiger partial charge in [0.05, 0.1) is 7.11 Å². The van der Waals surface area contributed by atoms with Crippen LogP contribution in [0.4, 0.5) is 11.5 Å². The lowest BCUT2D eigenvalue weighted by Crippen LogP contribution is -2.47. The van der Waals surface area contributed by atoms with Crippen molar-refractivity contribution in [2.75, 3.05) is 43.1 Å². The van der Waals surface area contributed by atoms with E-state index in [1.807, 2.05) is 19.2 Å². The summed E-state index contributed by atoms with van der Waals surface area (Å²) in [6, 6.07) is 8.19. The van der Waals surface area contributed by atoms with Gasteiger partial charge in [-0.15, -0.1) is 5.10 Å². The molecule has 0 unspecified atom stereocenters. The summed E-state index contributed by atoms with van der Waals surface area (Å²) in [5.41, 5.74) is 2.73. The topological polar surface area (TPSA) is 72.2 Å². The van der Waals surface area contributed by atoms with E-state index >= 15 is 0 Å². The van der Waals surface area contributed by atoms with Gasteiger partial charge in [-0.05, 0) is 24.3 Å². The molecule has 24 heavy (non-hydrogen) atoms. The zero-order valence-corrected chi connectivity index (χ0v) is 13.8. The third kappa shape index (κ3) is 2.49. The summed E-state index contributed by atoms with van der Waals surface area (Å²) in [4.78, 5) is 13.3. The summed E-state index contributed by atoms with van der Waals surface area (Å²) >= 11 is 0. The quantitative estimate of drug-likeness (QED) is 0.714. The molecule has 1 aromatic carbocycles. The number of aromatic nitrogens is 5. The molecule has 8 nitrogen and oxygen atoms in total. The highest BCUT2D eigenvalue weighted by Crippen LogP contribution is 2.24. The van der Waals surface area contributed by atoms with Gasteiger partial charge in [0.25, 0.3) is 0 Å². The zero-order valence-electron chi connectivity index (χ0n) is 13.8. The van der Waals surface area contributed by atoms with Gasteiger partial charge in [0.1, 0.15) is 12.1 Å². The molecule has 0 aliphatic carbocycles. The van der Waals surface area contributed by atoms with Crippen molar-refractivity contribution in [1.29, 1.82) is 0 Å². The summed E-state index contributed by atoms with van der Waals surface area (Å²) in [5, 5.41) is 8.25. The van der Waals surface area contributed by atoms with Gasteiger partial charge in [-0.2, -0.15) is 0 Å². The van der Waals surface area contributed by atoms with Crippen LogP contribution in [0.3, 0.4) is 0 Å². The van der Waals surface area contributed by atoms with Gasteiger partial charge in [0.15, 0.2) is 17.0 Å². The molecule has 3 aromatic rings. The maximum atomic E-state index is 5.22. The van der Waals surface area contributed by atoms with E-state index in [0.717, 1.165) is 48.9 Å². The lowest BCUT2D eigenvalue weighted by molar-refractivity contribution is 0.415. The Morgan fingerprint density at radius 1 is 0.958 bits per heavy atom. The van der Waals surface area contributed by atoms with Gasteiger partial charge in [0, 0.05) is 38.9 Å². The van der Waals surface area contributed by atoms with E-state index in [-0.39, 0.29) is 0 Å². The van der Waals surface area contributed by atoms with Crippen molar-refractivity contribution in [2.45, 2.75) is 0 Å². The largest absolute Gasteiger partial charge is 0.497 e. The fourth-order valence-electron chi connectivity index (χ4n) is 3.04. The molecule has 0 bridgehead atoms. The maximum Gasteiger partial charge on any atom is 0.183 e. The number of nitrogens with zero attached hydrogens (tertiary/aromatic N) is 7. The normalized spacial score (nSPS) is 15.1. The summed E-state index contributed by atoms with van der Waals surface area (Å²) in [5.74, 6) is 1.74. The van der Waals surface area contributed by atoms with Crippen molar-refractivity contribution < 1.29 is 4.74 Å². The molecular weight excluding hydrogens is 306 g/mol. The second-order valence-electron chi connectivity index (χ2n) is 5.75. The molecule has 1 aliphatic rings. The first-order valence-electron chi connectivity index (χ1n) is 7.90. The average Bonchev–Trinajstić information content (AvgIpc) is 3.03. The Labute approximate surface area is 139 Å². The lowest BCUT2D eigenvalue weighted by atomic mass is 10.2. The lowest BCUT2D eigenvalue weighted by Gasteiger charge is -2.36. The van der Waals surface area contributed by atoms with E-state index in [1.165, 1.54) is 5.69 Å². The minimum atomic E-state index is 0.762. The van der Waals surface area contributed by atoms with Crippen LogP contribution in [-0.2, 0) is 7.05 Å². The standard InChI is InChI=1S/C16H19N7O/c1-21-15-14(19-20-21)16(18-11-17-15)23-9-7-22(8-10-23)12-3-5-13(24-2)6-4-12/h3-6,11H,7-10H2,1-2H3. The number of ether oxygens (including phenoxy) is 1. The number of fused-ring (bicyclic) bond motifs is 1. The minimum absolute atomic E-state index is 0.762. The molecular formula is C16H19N7O. The van der Waals surface area contributed by atoms with Crippen LogP contribution in [-0.4, -0.2) is 58.3 Å². The van der Waals surface area contributed by atoms with Crippen molar-refractivity contribution in [3.8, 4) is 5.75 Å². The molecule has 1 saturated heterocycles. The number of aryl methyl sites for hydroxylation is 1. The fraction of sp³-hybridized carbons (Fsp3) is 0.375. The molecule has 8 heteroatoms. The Kier molecular flexibility index (Phi) is 3.64. The first-order chi connectivity index (χ1) is 11.8. The highest BCUT2D eigenvalue weighted by atomic mass is 16.5. The van der Waals surface area contributed by atoms with E-state index in [1.54, 1.807) is 18.1 Å². The van der Waals surface area contributed by atoms with Crippen LogP contribution in [0.5, 0.6) is 5.75 Å². The monoisotopic (exact) mass is 325 g/mol. The van der Waals surface area contributed by atoms with E-state index < -0.39 is 0 Å². The molecule has 0 spiro atoms. The van der Waals surface area contributed by atoms with Gasteiger partial charge in [0.2, 0.25) is 0 Å². The molecule has 1 aliphatic heterocycles. The maximum absolute atomic E-state index is 5.22. The molecule has 4 rings (SSSR count). The number of hydrogen-bond donors (Lipinski definition) is 0. The number of piperazine rings is 1.